The summed E-state index contributed by atoms with van der Waals surface area (Å²) in [5.41, 5.74) is 6.06. The molecule has 1 aromatic carbocycles. The number of H-pyrrole nitrogens is 1. The molecule has 3 N–H and O–H groups in total. The van der Waals surface area contributed by atoms with Crippen LogP contribution in [0.3, 0.4) is 0 Å². The van der Waals surface area contributed by atoms with E-state index in [1.54, 1.807) is 0 Å². The van der Waals surface area contributed by atoms with Crippen molar-refractivity contribution < 1.29 is 9.13 Å². The average molecular weight is 363 g/mol. The summed E-state index contributed by atoms with van der Waals surface area (Å²) >= 11 is 3.09. The van der Waals surface area contributed by atoms with Gasteiger partial charge < -0.3 is 15.5 Å². The van der Waals surface area contributed by atoms with Crippen LogP contribution in [0.5, 0.6) is 5.88 Å². The minimum absolute atomic E-state index is 0.0331. The minimum Gasteiger partial charge on any atom is -0.422 e. The molecule has 1 atom stereocenters. The highest BCUT2D eigenvalue weighted by Gasteiger charge is 2.34. The summed E-state index contributed by atoms with van der Waals surface area (Å²) in [5.74, 6) is -1.32. The second-order valence-electron chi connectivity index (χ2n) is 4.55. The van der Waals surface area contributed by atoms with Crippen molar-refractivity contribution in [2.75, 3.05) is 0 Å². The molecule has 0 bridgehead atoms. The predicted octanol–water partition coefficient (Wildman–Crippen LogP) is 1.89. The highest BCUT2D eigenvalue weighted by Crippen LogP contribution is 2.39. The summed E-state index contributed by atoms with van der Waals surface area (Å²) in [5, 5.41) is 9.35. The lowest BCUT2D eigenvalue weighted by atomic mass is 9.85. The molecule has 0 saturated carbocycles. The first-order chi connectivity index (χ1) is 10.5. The molecule has 0 unspecified atom stereocenters. The minimum atomic E-state index is -0.775. The molecule has 3 rings (SSSR count). The Morgan fingerprint density at radius 2 is 2.27 bits per heavy atom. The first kappa shape index (κ1) is 14.3. The number of nitrogens with zero attached hydrogens (tertiary/aromatic N) is 2. The van der Waals surface area contributed by atoms with Crippen LogP contribution in [0.25, 0.3) is 0 Å². The molecule has 0 saturated heterocycles. The Hall–Kier alpha value is -2.66. The van der Waals surface area contributed by atoms with Crippen molar-refractivity contribution in [3.63, 3.8) is 0 Å². The Balaban J connectivity index is 2.30. The van der Waals surface area contributed by atoms with Crippen molar-refractivity contribution in [3.8, 4) is 11.9 Å². The number of ether oxygens (including phenoxy) is 1. The van der Waals surface area contributed by atoms with E-state index < -0.39 is 17.3 Å². The van der Waals surface area contributed by atoms with Crippen molar-refractivity contribution >= 4 is 15.9 Å². The summed E-state index contributed by atoms with van der Waals surface area (Å²) in [4.78, 5) is 18.5. The van der Waals surface area contributed by atoms with E-state index in [0.29, 0.717) is 5.56 Å². The molecule has 0 aliphatic carbocycles. The van der Waals surface area contributed by atoms with Gasteiger partial charge in [-0.15, -0.1) is 0 Å². The fourth-order valence-corrected chi connectivity index (χ4v) is 2.72. The van der Waals surface area contributed by atoms with E-state index in [9.17, 15) is 14.4 Å². The van der Waals surface area contributed by atoms with E-state index >= 15 is 0 Å². The largest absolute Gasteiger partial charge is 0.422 e. The van der Waals surface area contributed by atoms with Crippen LogP contribution in [0.2, 0.25) is 0 Å². The van der Waals surface area contributed by atoms with Crippen molar-refractivity contribution in [2.45, 2.75) is 5.92 Å². The fourth-order valence-electron chi connectivity index (χ4n) is 2.32. The number of halogens is 2. The van der Waals surface area contributed by atoms with Crippen molar-refractivity contribution in [2.24, 2.45) is 5.73 Å². The van der Waals surface area contributed by atoms with Crippen molar-refractivity contribution in [1.29, 1.82) is 5.26 Å². The Labute approximate surface area is 132 Å². The Morgan fingerprint density at radius 1 is 1.50 bits per heavy atom. The summed E-state index contributed by atoms with van der Waals surface area (Å²) in [6.07, 6.45) is 1.18. The fraction of sp³-hybridized carbons (Fsp3) is 0.0714. The van der Waals surface area contributed by atoms with Crippen LogP contribution in [0.1, 0.15) is 17.0 Å². The number of benzene rings is 1. The molecular formula is C14H8BrFN4O2. The normalized spacial score (nSPS) is 16.7. The molecule has 6 nitrogen and oxygen atoms in total. The third-order valence-electron chi connectivity index (χ3n) is 3.30. The first-order valence-electron chi connectivity index (χ1n) is 6.13. The van der Waals surface area contributed by atoms with E-state index in [0.717, 1.165) is 0 Å². The van der Waals surface area contributed by atoms with Gasteiger partial charge >= 0.3 is 0 Å². The van der Waals surface area contributed by atoms with Gasteiger partial charge in [-0.2, -0.15) is 5.26 Å². The van der Waals surface area contributed by atoms with Gasteiger partial charge in [0, 0.05) is 0 Å². The lowest BCUT2D eigenvalue weighted by Crippen LogP contribution is -2.28. The standard InChI is InChI=1S/C14H8BrFN4O2/c15-8-3-6(1-2-9(8)16)10-7(4-17)12(18)22-14-11(10)13(21)19-5-20-14/h1-3,5,10H,18H2,(H,19,20,21)/t10-/m0/s1. The van der Waals surface area contributed by atoms with Crippen LogP contribution in [0.4, 0.5) is 4.39 Å². The molecule has 0 fully saturated rings. The lowest BCUT2D eigenvalue weighted by Gasteiger charge is -2.24. The maximum atomic E-state index is 13.4. The number of nitrogens with one attached hydrogen (secondary N) is 1. The zero-order valence-electron chi connectivity index (χ0n) is 10.9. The molecule has 22 heavy (non-hydrogen) atoms. The van der Waals surface area contributed by atoms with E-state index in [4.69, 9.17) is 10.5 Å². The van der Waals surface area contributed by atoms with E-state index in [2.05, 4.69) is 25.9 Å². The van der Waals surface area contributed by atoms with Gasteiger partial charge in [0.15, 0.2) is 0 Å². The molecular weight excluding hydrogens is 355 g/mol. The second-order valence-corrected chi connectivity index (χ2v) is 5.40. The van der Waals surface area contributed by atoms with E-state index in [1.165, 1.54) is 24.5 Å². The average Bonchev–Trinajstić information content (AvgIpc) is 2.49. The molecule has 2 aromatic rings. The number of nitrogens with two attached hydrogens (primary N) is 1. The van der Waals surface area contributed by atoms with Crippen LogP contribution in [0.15, 0.2) is 45.2 Å². The highest BCUT2D eigenvalue weighted by atomic mass is 79.9. The third-order valence-corrected chi connectivity index (χ3v) is 3.91. The lowest BCUT2D eigenvalue weighted by molar-refractivity contribution is 0.375. The third kappa shape index (κ3) is 2.16. The quantitative estimate of drug-likeness (QED) is 0.805. The van der Waals surface area contributed by atoms with Crippen LogP contribution >= 0.6 is 15.9 Å². The van der Waals surface area contributed by atoms with Gasteiger partial charge in [-0.1, -0.05) is 6.07 Å². The highest BCUT2D eigenvalue weighted by molar-refractivity contribution is 9.10. The summed E-state index contributed by atoms with van der Waals surface area (Å²) < 4.78 is 18.9. The Kier molecular flexibility index (Phi) is 3.42. The zero-order valence-corrected chi connectivity index (χ0v) is 12.5. The van der Waals surface area contributed by atoms with Crippen molar-refractivity contribution in [1.82, 2.24) is 9.97 Å². The molecule has 2 heterocycles. The summed E-state index contributed by atoms with van der Waals surface area (Å²) in [6, 6.07) is 6.16. The number of hydrogen-bond acceptors (Lipinski definition) is 5. The Morgan fingerprint density at radius 3 is 2.95 bits per heavy atom. The van der Waals surface area contributed by atoms with Gasteiger partial charge in [-0.25, -0.2) is 9.37 Å². The number of rotatable bonds is 1. The van der Waals surface area contributed by atoms with E-state index in [-0.39, 0.29) is 27.4 Å². The predicted molar refractivity (Wildman–Crippen MR) is 78.3 cm³/mol. The molecule has 0 amide bonds. The first-order valence-corrected chi connectivity index (χ1v) is 6.92. The van der Waals surface area contributed by atoms with Gasteiger partial charge in [0.1, 0.15) is 17.5 Å². The molecule has 1 aromatic heterocycles. The number of allylic oxidation sites excluding steroid dienone is 1. The second kappa shape index (κ2) is 5.27. The van der Waals surface area contributed by atoms with Gasteiger partial charge in [0.25, 0.3) is 5.56 Å². The molecule has 8 heteroatoms. The maximum Gasteiger partial charge on any atom is 0.258 e. The molecule has 1 aliphatic rings. The maximum absolute atomic E-state index is 13.4. The van der Waals surface area contributed by atoms with Gasteiger partial charge in [0.2, 0.25) is 11.8 Å². The smallest absolute Gasteiger partial charge is 0.258 e. The monoisotopic (exact) mass is 362 g/mol. The number of aromatic amines is 1. The number of nitriles is 1. The molecule has 0 spiro atoms. The molecule has 1 aliphatic heterocycles. The van der Waals surface area contributed by atoms with Crippen LogP contribution in [-0.2, 0) is 0 Å². The van der Waals surface area contributed by atoms with Gasteiger partial charge in [0.05, 0.1) is 22.3 Å². The van der Waals surface area contributed by atoms with Gasteiger partial charge in [-0.3, -0.25) is 4.79 Å². The number of aromatic nitrogens is 2. The molecule has 110 valence electrons. The van der Waals surface area contributed by atoms with Crippen LogP contribution in [-0.4, -0.2) is 9.97 Å². The van der Waals surface area contributed by atoms with Gasteiger partial charge in [-0.05, 0) is 33.6 Å². The Bertz CT molecular complexity index is 900. The topological polar surface area (TPSA) is 105 Å². The summed E-state index contributed by atoms with van der Waals surface area (Å²) in [6.45, 7) is 0. The van der Waals surface area contributed by atoms with E-state index in [1.807, 2.05) is 6.07 Å². The SMILES string of the molecule is N#CC1=C(N)Oc2nc[nH]c(=O)c2[C@H]1c1ccc(F)c(Br)c1. The van der Waals surface area contributed by atoms with Crippen molar-refractivity contribution in [3.05, 3.63) is 67.8 Å². The summed E-state index contributed by atoms with van der Waals surface area (Å²) in [7, 11) is 0. The number of hydrogen-bond donors (Lipinski definition) is 2. The number of fused-ring (bicyclic) bond motifs is 1. The zero-order chi connectivity index (χ0) is 15.9. The van der Waals surface area contributed by atoms with Crippen LogP contribution < -0.4 is 16.0 Å². The molecule has 0 radical (unpaired) electrons. The van der Waals surface area contributed by atoms with Crippen LogP contribution in [0, 0.1) is 17.1 Å².